The first-order valence-electron chi connectivity index (χ1n) is 12.7. The zero-order chi connectivity index (χ0) is 30.0. The number of ether oxygens (including phenoxy) is 1. The van der Waals surface area contributed by atoms with Gasteiger partial charge in [-0.1, -0.05) is 41.9 Å². The van der Waals surface area contributed by atoms with E-state index in [1.165, 1.54) is 42.5 Å². The summed E-state index contributed by atoms with van der Waals surface area (Å²) in [7, 11) is -4.20. The third-order valence-electron chi connectivity index (χ3n) is 6.72. The number of carboxylic acid groups (broad SMARTS) is 1. The summed E-state index contributed by atoms with van der Waals surface area (Å²) in [4.78, 5) is 24.2. The minimum Gasteiger partial charge on any atom is -0.489 e. The molecule has 1 atom stereocenters. The van der Waals surface area contributed by atoms with Crippen molar-refractivity contribution < 1.29 is 36.6 Å². The molecule has 0 fully saturated rings. The average Bonchev–Trinajstić information content (AvgIpc) is 3.37. The van der Waals surface area contributed by atoms with Gasteiger partial charge in [-0.3, -0.25) is 9.10 Å². The molecule has 1 amide bonds. The number of nitrogens with zero attached hydrogens (tertiary/aromatic N) is 1. The quantitative estimate of drug-likeness (QED) is 0.248. The number of carbonyl (C=O) groups is 2. The molecule has 0 unspecified atom stereocenters. The average molecular weight is 613 g/mol. The number of amides is 1. The Bertz CT molecular complexity index is 1780. The third kappa shape index (κ3) is 5.79. The van der Waals surface area contributed by atoms with Crippen LogP contribution in [0.15, 0.2) is 89.8 Å². The molecule has 12 heteroatoms. The molecule has 0 aromatic heterocycles. The third-order valence-corrected chi connectivity index (χ3v) is 8.87. The summed E-state index contributed by atoms with van der Waals surface area (Å²) < 4.78 is 61.7. The number of benzene rings is 4. The Kier molecular flexibility index (Phi) is 8.15. The van der Waals surface area contributed by atoms with E-state index in [1.807, 2.05) is 0 Å². The molecule has 0 radical (unpaired) electrons. The summed E-state index contributed by atoms with van der Waals surface area (Å²) in [6.45, 7) is -0.207. The number of para-hydroxylation sites is 1. The number of hydrogen-bond donors (Lipinski definition) is 2. The lowest BCUT2D eigenvalue weighted by Gasteiger charge is -2.26. The highest BCUT2D eigenvalue weighted by molar-refractivity contribution is 7.93. The molecule has 0 saturated carbocycles. The zero-order valence-corrected chi connectivity index (χ0v) is 23.3. The fourth-order valence-electron chi connectivity index (χ4n) is 4.70. The van der Waals surface area contributed by atoms with Crippen LogP contribution in [-0.4, -0.2) is 44.6 Å². The molecule has 0 bridgehead atoms. The zero-order valence-electron chi connectivity index (χ0n) is 21.8. The molecule has 1 aliphatic rings. The van der Waals surface area contributed by atoms with Crippen LogP contribution in [0.3, 0.4) is 0 Å². The van der Waals surface area contributed by atoms with Gasteiger partial charge in [-0.2, -0.15) is 0 Å². The maximum Gasteiger partial charge on any atom is 0.335 e. The second kappa shape index (κ2) is 11.8. The molecule has 4 aromatic rings. The predicted octanol–water partition coefficient (Wildman–Crippen LogP) is 5.30. The van der Waals surface area contributed by atoms with E-state index >= 15 is 0 Å². The lowest BCUT2D eigenvalue weighted by atomic mass is 10.1. The lowest BCUT2D eigenvalue weighted by Crippen LogP contribution is -2.48. The van der Waals surface area contributed by atoms with Crippen molar-refractivity contribution in [2.24, 2.45) is 0 Å². The second-order valence-electron chi connectivity index (χ2n) is 9.39. The number of anilines is 1. The van der Waals surface area contributed by atoms with Crippen molar-refractivity contribution in [3.8, 4) is 16.9 Å². The molecule has 1 heterocycles. The van der Waals surface area contributed by atoms with E-state index in [4.69, 9.17) is 21.4 Å². The normalized spacial score (nSPS) is 14.4. The van der Waals surface area contributed by atoms with Gasteiger partial charge in [-0.15, -0.1) is 0 Å². The number of carbonyl (C=O) groups excluding carboxylic acids is 1. The number of rotatable bonds is 9. The fourth-order valence-corrected chi connectivity index (χ4v) is 6.63. The van der Waals surface area contributed by atoms with Crippen LogP contribution in [0, 0.1) is 11.6 Å². The van der Waals surface area contributed by atoms with Crippen molar-refractivity contribution in [1.29, 1.82) is 0 Å². The van der Waals surface area contributed by atoms with Crippen molar-refractivity contribution in [2.45, 2.75) is 17.4 Å². The molecule has 8 nitrogen and oxygen atoms in total. The van der Waals surface area contributed by atoms with E-state index in [0.29, 0.717) is 22.4 Å². The van der Waals surface area contributed by atoms with Gasteiger partial charge in [-0.05, 0) is 65.7 Å². The maximum absolute atomic E-state index is 14.1. The minimum absolute atomic E-state index is 0.0531. The number of fused-ring (bicyclic) bond motifs is 1. The molecule has 42 heavy (non-hydrogen) atoms. The van der Waals surface area contributed by atoms with Gasteiger partial charge >= 0.3 is 5.97 Å². The topological polar surface area (TPSA) is 113 Å². The van der Waals surface area contributed by atoms with Gasteiger partial charge in [0.2, 0.25) is 5.91 Å². The van der Waals surface area contributed by atoms with Crippen LogP contribution in [0.4, 0.5) is 14.5 Å². The van der Waals surface area contributed by atoms with Gasteiger partial charge in [0.05, 0.1) is 27.7 Å². The van der Waals surface area contributed by atoms with Gasteiger partial charge in [-0.25, -0.2) is 22.0 Å². The summed E-state index contributed by atoms with van der Waals surface area (Å²) in [5, 5.41) is 11.8. The van der Waals surface area contributed by atoms with Gasteiger partial charge in [0.25, 0.3) is 10.0 Å². The molecule has 0 spiro atoms. The van der Waals surface area contributed by atoms with Crippen molar-refractivity contribution in [1.82, 2.24) is 5.32 Å². The second-order valence-corrected chi connectivity index (χ2v) is 11.6. The molecule has 4 aromatic carbocycles. The molecule has 0 aliphatic carbocycles. The summed E-state index contributed by atoms with van der Waals surface area (Å²) >= 11 is 6.16. The SMILES string of the molecule is O=C(O)c1ccc(OCCNC(=O)[C@@H]2Cc3ccccc3N2S(=O)(=O)c2ccc(-c3ccc(F)cc3Cl)cc2)c(F)c1. The number of sulfonamides is 1. The minimum atomic E-state index is -4.20. The van der Waals surface area contributed by atoms with Crippen molar-refractivity contribution in [3.05, 3.63) is 113 Å². The first kappa shape index (κ1) is 29.0. The Morgan fingerprint density at radius 1 is 1.00 bits per heavy atom. The number of halogens is 3. The largest absolute Gasteiger partial charge is 0.489 e. The molecule has 1 aliphatic heterocycles. The van der Waals surface area contributed by atoms with Gasteiger partial charge in [0.15, 0.2) is 11.6 Å². The van der Waals surface area contributed by atoms with E-state index in [-0.39, 0.29) is 40.8 Å². The van der Waals surface area contributed by atoms with Crippen molar-refractivity contribution >= 4 is 39.2 Å². The summed E-state index contributed by atoms with van der Waals surface area (Å²) in [6.07, 6.45) is 0.136. The summed E-state index contributed by atoms with van der Waals surface area (Å²) in [6, 6.07) is 18.8. The Hall–Kier alpha value is -4.48. The fraction of sp³-hybridized carbons (Fsp3) is 0.133. The highest BCUT2D eigenvalue weighted by atomic mass is 35.5. The highest BCUT2D eigenvalue weighted by Crippen LogP contribution is 2.37. The highest BCUT2D eigenvalue weighted by Gasteiger charge is 2.42. The van der Waals surface area contributed by atoms with Crippen molar-refractivity contribution in [3.63, 3.8) is 0 Å². The standard InChI is InChI=1S/C30H23ClF2N2O6S/c31-24-17-21(32)8-11-23(24)18-5-9-22(10-6-18)42(39,40)35-26-4-2-1-3-19(26)16-27(35)29(36)34-13-14-41-28-12-7-20(30(37)38)15-25(28)33/h1-12,15,17,27H,13-14,16H2,(H,34,36)(H,37,38)/t27-/m0/s1. The van der Waals surface area contributed by atoms with Crippen molar-refractivity contribution in [2.75, 3.05) is 17.5 Å². The predicted molar refractivity (Wildman–Crippen MR) is 152 cm³/mol. The Morgan fingerprint density at radius 3 is 2.43 bits per heavy atom. The van der Waals surface area contributed by atoms with Gasteiger partial charge < -0.3 is 15.2 Å². The monoisotopic (exact) mass is 612 g/mol. The first-order chi connectivity index (χ1) is 20.1. The van der Waals surface area contributed by atoms with Crippen LogP contribution in [0.5, 0.6) is 5.75 Å². The summed E-state index contributed by atoms with van der Waals surface area (Å²) in [5.74, 6) is -3.39. The Morgan fingerprint density at radius 2 is 1.74 bits per heavy atom. The van der Waals surface area contributed by atoms with E-state index in [1.54, 1.807) is 36.4 Å². The molecule has 0 saturated heterocycles. The molecule has 216 valence electrons. The number of aromatic carboxylic acids is 1. The molecule has 5 rings (SSSR count). The molecular weight excluding hydrogens is 590 g/mol. The maximum atomic E-state index is 14.1. The number of nitrogens with one attached hydrogen (secondary N) is 1. The molecule has 2 N–H and O–H groups in total. The Balaban J connectivity index is 1.32. The number of hydrogen-bond acceptors (Lipinski definition) is 5. The van der Waals surface area contributed by atoms with Crippen LogP contribution >= 0.6 is 11.6 Å². The van der Waals surface area contributed by atoms with Crippen LogP contribution < -0.4 is 14.4 Å². The summed E-state index contributed by atoms with van der Waals surface area (Å²) in [5.41, 5.74) is 1.94. The van der Waals surface area contributed by atoms with E-state index in [2.05, 4.69) is 5.32 Å². The van der Waals surface area contributed by atoms with Gasteiger partial charge in [0.1, 0.15) is 18.5 Å². The number of carboxylic acids is 1. The lowest BCUT2D eigenvalue weighted by molar-refractivity contribution is -0.122. The van der Waals surface area contributed by atoms with Crippen LogP contribution in [0.2, 0.25) is 5.02 Å². The van der Waals surface area contributed by atoms with E-state index < -0.39 is 39.6 Å². The van der Waals surface area contributed by atoms with Crippen LogP contribution in [0.1, 0.15) is 15.9 Å². The molecular formula is C30H23ClF2N2O6S. The van der Waals surface area contributed by atoms with Gasteiger partial charge in [0, 0.05) is 12.0 Å². The van der Waals surface area contributed by atoms with E-state index in [0.717, 1.165) is 10.4 Å². The van der Waals surface area contributed by atoms with E-state index in [9.17, 15) is 26.8 Å². The smallest absolute Gasteiger partial charge is 0.335 e. The Labute approximate surface area is 245 Å². The van der Waals surface area contributed by atoms with Crippen LogP contribution in [-0.2, 0) is 21.2 Å². The van der Waals surface area contributed by atoms with Crippen LogP contribution in [0.25, 0.3) is 11.1 Å². The first-order valence-corrected chi connectivity index (χ1v) is 14.5.